The van der Waals surface area contributed by atoms with E-state index < -0.39 is 11.7 Å². The molecular weight excluding hydrogens is 532 g/mol. The molecule has 2 aromatic heterocycles. The first kappa shape index (κ1) is 25.6. The SMILES string of the molecule is CN=C(NCCC(C)c1cccc(C(F)(F)F)c1)NCc1ccnc(-n2cccn2)c1.I. The average molecular weight is 558 g/mol. The molecular formula is C22H26F3IN6. The largest absolute Gasteiger partial charge is 0.416 e. The van der Waals surface area contributed by atoms with Crippen LogP contribution in [-0.2, 0) is 12.7 Å². The number of rotatable bonds is 7. The number of nitrogens with zero attached hydrogens (tertiary/aromatic N) is 4. The van der Waals surface area contributed by atoms with Crippen LogP contribution in [-0.4, -0.2) is 34.3 Å². The van der Waals surface area contributed by atoms with Gasteiger partial charge in [0.2, 0.25) is 0 Å². The highest BCUT2D eigenvalue weighted by Gasteiger charge is 2.30. The third-order valence-electron chi connectivity index (χ3n) is 4.89. The zero-order chi connectivity index (χ0) is 22.3. The number of aromatic nitrogens is 3. The molecule has 0 aliphatic heterocycles. The molecule has 1 aromatic carbocycles. The van der Waals surface area contributed by atoms with Crippen molar-refractivity contribution in [3.05, 3.63) is 77.7 Å². The smallest absolute Gasteiger partial charge is 0.356 e. The Bertz CT molecular complexity index is 1000. The van der Waals surface area contributed by atoms with Crippen molar-refractivity contribution in [1.29, 1.82) is 0 Å². The van der Waals surface area contributed by atoms with E-state index >= 15 is 0 Å². The van der Waals surface area contributed by atoms with E-state index in [1.165, 1.54) is 12.1 Å². The van der Waals surface area contributed by atoms with Crippen molar-refractivity contribution in [2.45, 2.75) is 32.0 Å². The second-order valence-corrected chi connectivity index (χ2v) is 7.14. The van der Waals surface area contributed by atoms with Crippen molar-refractivity contribution in [1.82, 2.24) is 25.4 Å². The summed E-state index contributed by atoms with van der Waals surface area (Å²) < 4.78 is 40.4. The fourth-order valence-corrected chi connectivity index (χ4v) is 3.10. The summed E-state index contributed by atoms with van der Waals surface area (Å²) in [7, 11) is 1.67. The van der Waals surface area contributed by atoms with E-state index in [-0.39, 0.29) is 29.9 Å². The van der Waals surface area contributed by atoms with Crippen LogP contribution in [0.25, 0.3) is 5.82 Å². The van der Waals surface area contributed by atoms with Gasteiger partial charge in [0.15, 0.2) is 11.8 Å². The van der Waals surface area contributed by atoms with Gasteiger partial charge < -0.3 is 10.6 Å². The first-order valence-electron chi connectivity index (χ1n) is 9.93. The highest BCUT2D eigenvalue weighted by atomic mass is 127. The van der Waals surface area contributed by atoms with E-state index in [1.54, 1.807) is 30.2 Å². The monoisotopic (exact) mass is 558 g/mol. The number of nitrogens with one attached hydrogen (secondary N) is 2. The Morgan fingerprint density at radius 3 is 2.62 bits per heavy atom. The summed E-state index contributed by atoms with van der Waals surface area (Å²) >= 11 is 0. The lowest BCUT2D eigenvalue weighted by atomic mass is 9.96. The predicted molar refractivity (Wildman–Crippen MR) is 129 cm³/mol. The molecule has 32 heavy (non-hydrogen) atoms. The molecule has 0 radical (unpaired) electrons. The molecule has 1 unspecified atom stereocenters. The van der Waals surface area contributed by atoms with Crippen molar-refractivity contribution < 1.29 is 13.2 Å². The maximum absolute atomic E-state index is 12.9. The van der Waals surface area contributed by atoms with Crippen LogP contribution in [0.3, 0.4) is 0 Å². The molecule has 2 heterocycles. The summed E-state index contributed by atoms with van der Waals surface area (Å²) in [6.45, 7) is 3.03. The predicted octanol–water partition coefficient (Wildman–Crippen LogP) is 4.76. The Kier molecular flexibility index (Phi) is 9.48. The first-order valence-corrected chi connectivity index (χ1v) is 9.93. The van der Waals surface area contributed by atoms with Crippen LogP contribution in [0.15, 0.2) is 66.0 Å². The van der Waals surface area contributed by atoms with Crippen LogP contribution in [0.1, 0.15) is 36.0 Å². The van der Waals surface area contributed by atoms with Gasteiger partial charge >= 0.3 is 6.18 Å². The highest BCUT2D eigenvalue weighted by Crippen LogP contribution is 2.31. The molecule has 6 nitrogen and oxygen atoms in total. The van der Waals surface area contributed by atoms with E-state index in [2.05, 4.69) is 25.7 Å². The minimum Gasteiger partial charge on any atom is -0.356 e. The van der Waals surface area contributed by atoms with Crippen LogP contribution in [0, 0.1) is 0 Å². The Morgan fingerprint density at radius 2 is 1.94 bits per heavy atom. The molecule has 10 heteroatoms. The zero-order valence-electron chi connectivity index (χ0n) is 17.8. The Labute approximate surface area is 202 Å². The zero-order valence-corrected chi connectivity index (χ0v) is 20.1. The van der Waals surface area contributed by atoms with Gasteiger partial charge in [-0.05, 0) is 47.7 Å². The Balaban J connectivity index is 0.00000363. The van der Waals surface area contributed by atoms with E-state index in [0.29, 0.717) is 31.0 Å². The highest BCUT2D eigenvalue weighted by molar-refractivity contribution is 14.0. The number of alkyl halides is 3. The number of benzene rings is 1. The standard InChI is InChI=1S/C22H25F3N6.HI/c1-16(18-5-3-6-19(14-18)22(23,24)25)7-10-28-21(26-2)29-15-17-8-11-27-20(13-17)31-12-4-9-30-31;/h3-6,8-9,11-14,16H,7,10,15H2,1-2H3,(H2,26,28,29);1H. The Morgan fingerprint density at radius 1 is 1.12 bits per heavy atom. The van der Waals surface area contributed by atoms with Crippen molar-refractivity contribution in [3.63, 3.8) is 0 Å². The van der Waals surface area contributed by atoms with Crippen molar-refractivity contribution >= 4 is 29.9 Å². The number of aliphatic imine (C=N–C) groups is 1. The second-order valence-electron chi connectivity index (χ2n) is 7.14. The van der Waals surface area contributed by atoms with Crippen LogP contribution >= 0.6 is 24.0 Å². The number of pyridine rings is 1. The molecule has 3 rings (SSSR count). The topological polar surface area (TPSA) is 67.1 Å². The molecule has 172 valence electrons. The third-order valence-corrected chi connectivity index (χ3v) is 4.89. The van der Waals surface area contributed by atoms with Crippen LogP contribution < -0.4 is 10.6 Å². The summed E-state index contributed by atoms with van der Waals surface area (Å²) in [4.78, 5) is 8.51. The van der Waals surface area contributed by atoms with E-state index in [4.69, 9.17) is 0 Å². The lowest BCUT2D eigenvalue weighted by molar-refractivity contribution is -0.137. The van der Waals surface area contributed by atoms with E-state index in [9.17, 15) is 13.2 Å². The summed E-state index contributed by atoms with van der Waals surface area (Å²) in [5.74, 6) is 1.32. The number of halogens is 4. The van der Waals surface area contributed by atoms with Gasteiger partial charge in [-0.3, -0.25) is 4.99 Å². The summed E-state index contributed by atoms with van der Waals surface area (Å²) in [5, 5.41) is 10.6. The lowest BCUT2D eigenvalue weighted by Gasteiger charge is -2.16. The number of hydrogen-bond acceptors (Lipinski definition) is 3. The molecule has 3 aromatic rings. The molecule has 0 aliphatic carbocycles. The fraction of sp³-hybridized carbons (Fsp3) is 0.318. The maximum atomic E-state index is 12.9. The van der Waals surface area contributed by atoms with Gasteiger partial charge in [0.05, 0.1) is 5.56 Å². The molecule has 1 atom stereocenters. The van der Waals surface area contributed by atoms with Gasteiger partial charge in [-0.2, -0.15) is 18.3 Å². The second kappa shape index (κ2) is 11.8. The Hall–Kier alpha value is -2.63. The normalized spacial score (nSPS) is 12.7. The molecule has 0 saturated heterocycles. The van der Waals surface area contributed by atoms with Crippen LogP contribution in [0.4, 0.5) is 13.2 Å². The van der Waals surface area contributed by atoms with Gasteiger partial charge in [-0.1, -0.05) is 25.1 Å². The quantitative estimate of drug-likeness (QED) is 0.249. The lowest BCUT2D eigenvalue weighted by Crippen LogP contribution is -2.37. The van der Waals surface area contributed by atoms with Crippen molar-refractivity contribution in [2.24, 2.45) is 4.99 Å². The van der Waals surface area contributed by atoms with Gasteiger partial charge in [0, 0.05) is 38.7 Å². The summed E-state index contributed by atoms with van der Waals surface area (Å²) in [6.07, 6.45) is 1.58. The van der Waals surface area contributed by atoms with Gasteiger partial charge in [0.1, 0.15) is 0 Å². The van der Waals surface area contributed by atoms with Crippen LogP contribution in [0.5, 0.6) is 0 Å². The summed E-state index contributed by atoms with van der Waals surface area (Å²) in [6, 6.07) is 11.2. The molecule has 2 N–H and O–H groups in total. The molecule has 0 spiro atoms. The van der Waals surface area contributed by atoms with Crippen LogP contribution in [0.2, 0.25) is 0 Å². The summed E-state index contributed by atoms with van der Waals surface area (Å²) in [5.41, 5.74) is 1.07. The minimum absolute atomic E-state index is 0. The van der Waals surface area contributed by atoms with Crippen molar-refractivity contribution in [3.8, 4) is 5.82 Å². The maximum Gasteiger partial charge on any atom is 0.416 e. The molecule has 0 amide bonds. The molecule has 0 fully saturated rings. The van der Waals surface area contributed by atoms with Crippen molar-refractivity contribution in [2.75, 3.05) is 13.6 Å². The van der Waals surface area contributed by atoms with Gasteiger partial charge in [0.25, 0.3) is 0 Å². The molecule has 0 bridgehead atoms. The molecule has 0 aliphatic rings. The third kappa shape index (κ3) is 7.21. The number of guanidine groups is 1. The van der Waals surface area contributed by atoms with E-state index in [1.807, 2.05) is 31.3 Å². The minimum atomic E-state index is -4.33. The van der Waals surface area contributed by atoms with E-state index in [0.717, 1.165) is 17.4 Å². The molecule has 0 saturated carbocycles. The fourth-order valence-electron chi connectivity index (χ4n) is 3.10. The average Bonchev–Trinajstić information content (AvgIpc) is 3.31. The number of hydrogen-bond donors (Lipinski definition) is 2. The van der Waals surface area contributed by atoms with Gasteiger partial charge in [-0.25, -0.2) is 9.67 Å². The first-order chi connectivity index (χ1) is 14.9. The van der Waals surface area contributed by atoms with Gasteiger partial charge in [-0.15, -0.1) is 24.0 Å².